The highest BCUT2D eigenvalue weighted by Crippen LogP contribution is 2.40. The summed E-state index contributed by atoms with van der Waals surface area (Å²) in [4.78, 5) is 0. The maximum absolute atomic E-state index is 4.93. The summed E-state index contributed by atoms with van der Waals surface area (Å²) < 4.78 is 3.61. The standard InChI is InChI=1S/C8H2Br4S2/c9-5-3(1-13)6(10)8(12)4(2-14)7(5)11/h1-2H. The molecule has 0 aliphatic heterocycles. The van der Waals surface area contributed by atoms with Gasteiger partial charge in [0.05, 0.1) is 0 Å². The van der Waals surface area contributed by atoms with E-state index in [2.05, 4.69) is 63.7 Å². The van der Waals surface area contributed by atoms with Crippen LogP contribution in [-0.2, 0) is 0 Å². The Morgan fingerprint density at radius 1 is 0.643 bits per heavy atom. The lowest BCUT2D eigenvalue weighted by molar-refractivity contribution is 1.47. The molecule has 0 atom stereocenters. The van der Waals surface area contributed by atoms with E-state index in [9.17, 15) is 0 Å². The van der Waals surface area contributed by atoms with Gasteiger partial charge in [0.15, 0.2) is 0 Å². The van der Waals surface area contributed by atoms with Gasteiger partial charge in [0.25, 0.3) is 0 Å². The third-order valence-corrected chi connectivity index (χ3v) is 6.40. The normalized spacial score (nSPS) is 10.0. The molecular weight excluding hydrogens is 480 g/mol. The van der Waals surface area contributed by atoms with Gasteiger partial charge in [-0.25, -0.2) is 0 Å². The molecule has 0 heterocycles. The second-order valence-electron chi connectivity index (χ2n) is 2.32. The predicted octanol–water partition coefficient (Wildman–Crippen LogP) is 5.43. The highest BCUT2D eigenvalue weighted by Gasteiger charge is 2.15. The van der Waals surface area contributed by atoms with Crippen LogP contribution < -0.4 is 0 Å². The number of benzene rings is 1. The van der Waals surface area contributed by atoms with Crippen molar-refractivity contribution in [1.29, 1.82) is 0 Å². The maximum atomic E-state index is 4.93. The van der Waals surface area contributed by atoms with Gasteiger partial charge in [0, 0.05) is 39.8 Å². The first-order valence-electron chi connectivity index (χ1n) is 3.30. The minimum absolute atomic E-state index is 0.902. The van der Waals surface area contributed by atoms with Gasteiger partial charge in [-0.3, -0.25) is 0 Å². The fraction of sp³-hybridized carbons (Fsp3) is 0. The third kappa shape index (κ3) is 2.35. The molecule has 0 aromatic heterocycles. The van der Waals surface area contributed by atoms with Crippen molar-refractivity contribution in [1.82, 2.24) is 0 Å². The molecule has 0 saturated heterocycles. The van der Waals surface area contributed by atoms with Crippen molar-refractivity contribution in [2.75, 3.05) is 0 Å². The van der Waals surface area contributed by atoms with E-state index in [1.165, 1.54) is 0 Å². The summed E-state index contributed by atoms with van der Waals surface area (Å²) >= 11 is 23.7. The topological polar surface area (TPSA) is 0 Å². The van der Waals surface area contributed by atoms with E-state index in [-0.39, 0.29) is 0 Å². The molecule has 0 N–H and O–H groups in total. The van der Waals surface area contributed by atoms with Gasteiger partial charge in [-0.15, -0.1) is 0 Å². The average Bonchev–Trinajstić information content (AvgIpc) is 2.17. The molecule has 0 spiro atoms. The quantitative estimate of drug-likeness (QED) is 0.408. The number of rotatable bonds is 2. The van der Waals surface area contributed by atoms with E-state index in [4.69, 9.17) is 24.4 Å². The molecule has 0 radical (unpaired) electrons. The molecule has 0 amide bonds. The lowest BCUT2D eigenvalue weighted by Crippen LogP contribution is -1.94. The van der Waals surface area contributed by atoms with Gasteiger partial charge in [-0.1, -0.05) is 24.4 Å². The molecule has 0 bridgehead atoms. The molecule has 74 valence electrons. The third-order valence-electron chi connectivity index (χ3n) is 1.57. The molecule has 0 aliphatic carbocycles. The van der Waals surface area contributed by atoms with Crippen molar-refractivity contribution in [2.24, 2.45) is 0 Å². The summed E-state index contributed by atoms with van der Waals surface area (Å²) in [5.41, 5.74) is 1.83. The van der Waals surface area contributed by atoms with E-state index < -0.39 is 0 Å². The van der Waals surface area contributed by atoms with Gasteiger partial charge in [-0.05, 0) is 63.7 Å². The first-order valence-corrected chi connectivity index (χ1v) is 7.42. The second kappa shape index (κ2) is 5.59. The van der Waals surface area contributed by atoms with Crippen LogP contribution in [0.25, 0.3) is 0 Å². The fourth-order valence-electron chi connectivity index (χ4n) is 0.873. The highest BCUT2D eigenvalue weighted by molar-refractivity contribution is 9.14. The first-order chi connectivity index (χ1) is 6.54. The molecule has 0 nitrogen and oxygen atoms in total. The Kier molecular flexibility index (Phi) is 5.34. The van der Waals surface area contributed by atoms with Crippen LogP contribution in [0.3, 0.4) is 0 Å². The molecule has 0 saturated carbocycles. The van der Waals surface area contributed by atoms with Crippen LogP contribution in [0.1, 0.15) is 11.1 Å². The Balaban J connectivity index is 3.71. The Morgan fingerprint density at radius 3 is 1.00 bits per heavy atom. The molecule has 1 rings (SSSR count). The molecule has 1 aromatic carbocycles. The largest absolute Gasteiger partial charge is 0.0880 e. The molecule has 0 fully saturated rings. The SMILES string of the molecule is S=Cc1c(Br)c(Br)c(C=S)c(Br)c1Br. The second-order valence-corrected chi connectivity index (χ2v) is 5.96. The Hall–Kier alpha value is 1.32. The molecule has 14 heavy (non-hydrogen) atoms. The molecule has 0 unspecified atom stereocenters. The zero-order valence-electron chi connectivity index (χ0n) is 6.48. The number of hydrogen-bond donors (Lipinski definition) is 0. The Morgan fingerprint density at radius 2 is 0.857 bits per heavy atom. The van der Waals surface area contributed by atoms with Crippen molar-refractivity contribution < 1.29 is 0 Å². The van der Waals surface area contributed by atoms with Gasteiger partial charge in [-0.2, -0.15) is 0 Å². The van der Waals surface area contributed by atoms with Crippen LogP contribution >= 0.6 is 88.2 Å². The van der Waals surface area contributed by atoms with Crippen LogP contribution in [0.15, 0.2) is 17.9 Å². The van der Waals surface area contributed by atoms with Crippen LogP contribution in [-0.4, -0.2) is 10.7 Å². The number of thiocarbonyl (C=S) groups is 2. The van der Waals surface area contributed by atoms with Crippen LogP contribution in [0.2, 0.25) is 0 Å². The van der Waals surface area contributed by atoms with Gasteiger partial charge in [0.2, 0.25) is 0 Å². The van der Waals surface area contributed by atoms with Crippen molar-refractivity contribution in [3.63, 3.8) is 0 Å². The smallest absolute Gasteiger partial charge is 0.0416 e. The summed E-state index contributed by atoms with van der Waals surface area (Å²) in [6, 6.07) is 0. The zero-order valence-corrected chi connectivity index (χ0v) is 14.5. The van der Waals surface area contributed by atoms with E-state index in [0.29, 0.717) is 0 Å². The number of hydrogen-bond acceptors (Lipinski definition) is 2. The minimum Gasteiger partial charge on any atom is -0.0880 e. The summed E-state index contributed by atoms with van der Waals surface area (Å²) in [7, 11) is 0. The molecular formula is C8H2Br4S2. The zero-order chi connectivity index (χ0) is 10.9. The lowest BCUT2D eigenvalue weighted by Gasteiger charge is -2.10. The predicted molar refractivity (Wildman–Crippen MR) is 82.8 cm³/mol. The fourth-order valence-corrected chi connectivity index (χ4v) is 4.59. The summed E-state index contributed by atoms with van der Waals surface area (Å²) in [5, 5.41) is 3.22. The molecule has 6 heteroatoms. The first kappa shape index (κ1) is 13.4. The molecule has 0 aliphatic rings. The van der Waals surface area contributed by atoms with Crippen molar-refractivity contribution in [3.8, 4) is 0 Å². The monoisotopic (exact) mass is 478 g/mol. The van der Waals surface area contributed by atoms with E-state index in [0.717, 1.165) is 29.0 Å². The van der Waals surface area contributed by atoms with E-state index in [1.54, 1.807) is 10.7 Å². The van der Waals surface area contributed by atoms with Crippen LogP contribution in [0, 0.1) is 0 Å². The summed E-state index contributed by atoms with van der Waals surface area (Å²) in [6.45, 7) is 0. The molecule has 1 aromatic rings. The van der Waals surface area contributed by atoms with E-state index >= 15 is 0 Å². The maximum Gasteiger partial charge on any atom is 0.0416 e. The minimum atomic E-state index is 0.902. The lowest BCUT2D eigenvalue weighted by atomic mass is 10.2. The van der Waals surface area contributed by atoms with Crippen molar-refractivity contribution in [3.05, 3.63) is 29.0 Å². The van der Waals surface area contributed by atoms with Gasteiger partial charge < -0.3 is 0 Å². The summed E-state index contributed by atoms with van der Waals surface area (Å²) in [6.07, 6.45) is 0. The average molecular weight is 482 g/mol. The van der Waals surface area contributed by atoms with Crippen molar-refractivity contribution in [2.45, 2.75) is 0 Å². The van der Waals surface area contributed by atoms with E-state index in [1.807, 2.05) is 0 Å². The van der Waals surface area contributed by atoms with Crippen LogP contribution in [0.4, 0.5) is 0 Å². The van der Waals surface area contributed by atoms with Crippen molar-refractivity contribution >= 4 is 98.9 Å². The van der Waals surface area contributed by atoms with Gasteiger partial charge in [0.1, 0.15) is 0 Å². The van der Waals surface area contributed by atoms with Crippen LogP contribution in [0.5, 0.6) is 0 Å². The highest BCUT2D eigenvalue weighted by atomic mass is 79.9. The number of halogens is 4. The Labute approximate surface area is 126 Å². The Bertz CT molecular complexity index is 346. The summed E-state index contributed by atoms with van der Waals surface area (Å²) in [5.74, 6) is 0. The van der Waals surface area contributed by atoms with Gasteiger partial charge >= 0.3 is 0 Å².